The number of fused-ring (bicyclic) bond motifs is 1. The number of nitrogens with one attached hydrogen (secondary N) is 2. The van der Waals surface area contributed by atoms with E-state index in [2.05, 4.69) is 16.7 Å². The Labute approximate surface area is 119 Å². The van der Waals surface area contributed by atoms with Crippen LogP contribution in [0.5, 0.6) is 0 Å². The van der Waals surface area contributed by atoms with E-state index >= 15 is 0 Å². The summed E-state index contributed by atoms with van der Waals surface area (Å²) in [5, 5.41) is 6.27. The topological polar surface area (TPSA) is 41.1 Å². The molecule has 0 unspecified atom stereocenters. The van der Waals surface area contributed by atoms with Gasteiger partial charge in [0.05, 0.1) is 0 Å². The van der Waals surface area contributed by atoms with Crippen LogP contribution in [0, 0.1) is 13.8 Å². The van der Waals surface area contributed by atoms with Crippen LogP contribution in [0.4, 0.5) is 11.4 Å². The predicted molar refractivity (Wildman–Crippen MR) is 82.5 cm³/mol. The van der Waals surface area contributed by atoms with Crippen molar-refractivity contribution < 1.29 is 4.79 Å². The lowest BCUT2D eigenvalue weighted by atomic mass is 10.1. The summed E-state index contributed by atoms with van der Waals surface area (Å²) in [7, 11) is 0. The minimum Gasteiger partial charge on any atom is -0.384 e. The zero-order chi connectivity index (χ0) is 14.1. The summed E-state index contributed by atoms with van der Waals surface area (Å²) in [4.78, 5) is 12.3. The third kappa shape index (κ3) is 2.52. The first-order valence-electron chi connectivity index (χ1n) is 6.88. The van der Waals surface area contributed by atoms with Crippen molar-refractivity contribution in [2.75, 3.05) is 17.2 Å². The Morgan fingerprint density at radius 3 is 2.60 bits per heavy atom. The fourth-order valence-corrected chi connectivity index (χ4v) is 2.70. The number of anilines is 2. The largest absolute Gasteiger partial charge is 0.384 e. The maximum atomic E-state index is 12.3. The van der Waals surface area contributed by atoms with E-state index in [0.29, 0.717) is 5.56 Å². The maximum absolute atomic E-state index is 12.3. The molecular weight excluding hydrogens is 248 g/mol. The van der Waals surface area contributed by atoms with Gasteiger partial charge in [-0.1, -0.05) is 6.07 Å². The average molecular weight is 266 g/mol. The highest BCUT2D eigenvalue weighted by molar-refractivity contribution is 6.04. The smallest absolute Gasteiger partial charge is 0.255 e. The normalized spacial score (nSPS) is 12.7. The summed E-state index contributed by atoms with van der Waals surface area (Å²) in [5.74, 6) is -0.0512. The van der Waals surface area contributed by atoms with Crippen molar-refractivity contribution in [3.05, 3.63) is 58.7 Å². The summed E-state index contributed by atoms with van der Waals surface area (Å²) >= 11 is 0. The number of hydrogen-bond acceptors (Lipinski definition) is 2. The molecule has 1 aliphatic rings. The van der Waals surface area contributed by atoms with Gasteiger partial charge >= 0.3 is 0 Å². The van der Waals surface area contributed by atoms with Crippen molar-refractivity contribution in [2.45, 2.75) is 20.3 Å². The fraction of sp³-hybridized carbons (Fsp3) is 0.235. The van der Waals surface area contributed by atoms with Crippen molar-refractivity contribution in [2.24, 2.45) is 0 Å². The van der Waals surface area contributed by atoms with Gasteiger partial charge in [-0.2, -0.15) is 0 Å². The molecule has 3 nitrogen and oxygen atoms in total. The Morgan fingerprint density at radius 1 is 1.10 bits per heavy atom. The summed E-state index contributed by atoms with van der Waals surface area (Å²) in [6.45, 7) is 5.02. The lowest BCUT2D eigenvalue weighted by Crippen LogP contribution is -2.12. The van der Waals surface area contributed by atoms with Gasteiger partial charge in [0.15, 0.2) is 0 Å². The molecule has 0 bridgehead atoms. The third-order valence-electron chi connectivity index (χ3n) is 3.56. The molecule has 0 saturated carbocycles. The van der Waals surface area contributed by atoms with E-state index in [1.165, 1.54) is 5.56 Å². The molecule has 1 amide bonds. The molecule has 1 aliphatic heterocycles. The minimum absolute atomic E-state index is 0.0512. The highest BCUT2D eigenvalue weighted by Crippen LogP contribution is 2.23. The maximum Gasteiger partial charge on any atom is 0.255 e. The third-order valence-corrected chi connectivity index (χ3v) is 3.56. The van der Waals surface area contributed by atoms with Crippen LogP contribution in [-0.4, -0.2) is 12.5 Å². The lowest BCUT2D eigenvalue weighted by molar-refractivity contribution is 0.102. The SMILES string of the molecule is Cc1cc(C)cc(NC(=O)c2ccc3c(c2)CCN3)c1. The Balaban J connectivity index is 1.82. The zero-order valence-corrected chi connectivity index (χ0v) is 11.8. The van der Waals surface area contributed by atoms with Gasteiger partial charge in [0.25, 0.3) is 5.91 Å². The van der Waals surface area contributed by atoms with E-state index in [9.17, 15) is 4.79 Å². The first-order chi connectivity index (χ1) is 9.61. The van der Waals surface area contributed by atoms with Gasteiger partial charge in [-0.3, -0.25) is 4.79 Å². The van der Waals surface area contributed by atoms with Crippen molar-refractivity contribution in [1.82, 2.24) is 0 Å². The Bertz CT molecular complexity index is 656. The Kier molecular flexibility index (Phi) is 3.18. The molecule has 1 heterocycles. The summed E-state index contributed by atoms with van der Waals surface area (Å²) in [5.41, 5.74) is 6.24. The number of amides is 1. The molecular formula is C17H18N2O. The van der Waals surface area contributed by atoms with Gasteiger partial charge in [-0.15, -0.1) is 0 Å². The summed E-state index contributed by atoms with van der Waals surface area (Å²) < 4.78 is 0. The molecule has 0 saturated heterocycles. The van der Waals surface area contributed by atoms with Crippen molar-refractivity contribution in [1.29, 1.82) is 0 Å². The molecule has 0 atom stereocenters. The Morgan fingerprint density at radius 2 is 1.85 bits per heavy atom. The highest BCUT2D eigenvalue weighted by atomic mass is 16.1. The van der Waals surface area contributed by atoms with E-state index in [1.54, 1.807) is 0 Å². The van der Waals surface area contributed by atoms with Crippen LogP contribution in [0.2, 0.25) is 0 Å². The molecule has 0 radical (unpaired) electrons. The van der Waals surface area contributed by atoms with Gasteiger partial charge in [-0.05, 0) is 67.3 Å². The van der Waals surface area contributed by atoms with Crippen molar-refractivity contribution >= 4 is 17.3 Å². The van der Waals surface area contributed by atoms with E-state index in [4.69, 9.17) is 0 Å². The Hall–Kier alpha value is -2.29. The molecule has 20 heavy (non-hydrogen) atoms. The number of carbonyl (C=O) groups is 1. The van der Waals surface area contributed by atoms with Gasteiger partial charge in [0, 0.05) is 23.5 Å². The van der Waals surface area contributed by atoms with Gasteiger partial charge in [0.2, 0.25) is 0 Å². The molecule has 0 aliphatic carbocycles. The predicted octanol–water partition coefficient (Wildman–Crippen LogP) is 3.52. The molecule has 2 N–H and O–H groups in total. The average Bonchev–Trinajstić information content (AvgIpc) is 2.84. The number of hydrogen-bond donors (Lipinski definition) is 2. The molecule has 2 aromatic carbocycles. The lowest BCUT2D eigenvalue weighted by Gasteiger charge is -2.09. The monoisotopic (exact) mass is 266 g/mol. The van der Waals surface area contributed by atoms with Gasteiger partial charge < -0.3 is 10.6 Å². The second-order valence-corrected chi connectivity index (χ2v) is 5.38. The number of carbonyl (C=O) groups excluding carboxylic acids is 1. The molecule has 2 aromatic rings. The minimum atomic E-state index is -0.0512. The molecule has 0 fully saturated rings. The van der Waals surface area contributed by atoms with Gasteiger partial charge in [0.1, 0.15) is 0 Å². The van der Waals surface area contributed by atoms with Crippen LogP contribution in [0.3, 0.4) is 0 Å². The van der Waals surface area contributed by atoms with Gasteiger partial charge in [-0.25, -0.2) is 0 Å². The van der Waals surface area contributed by atoms with E-state index in [0.717, 1.165) is 35.5 Å². The van der Waals surface area contributed by atoms with Crippen LogP contribution < -0.4 is 10.6 Å². The van der Waals surface area contributed by atoms with Crippen LogP contribution in [-0.2, 0) is 6.42 Å². The highest BCUT2D eigenvalue weighted by Gasteiger charge is 2.13. The quantitative estimate of drug-likeness (QED) is 0.873. The number of rotatable bonds is 2. The summed E-state index contributed by atoms with van der Waals surface area (Å²) in [6, 6.07) is 11.9. The first-order valence-corrected chi connectivity index (χ1v) is 6.88. The van der Waals surface area contributed by atoms with E-state index in [-0.39, 0.29) is 5.91 Å². The zero-order valence-electron chi connectivity index (χ0n) is 11.8. The number of aryl methyl sites for hydroxylation is 2. The van der Waals surface area contributed by atoms with Crippen molar-refractivity contribution in [3.63, 3.8) is 0 Å². The fourth-order valence-electron chi connectivity index (χ4n) is 2.70. The van der Waals surface area contributed by atoms with Crippen LogP contribution in [0.25, 0.3) is 0 Å². The molecule has 0 aromatic heterocycles. The van der Waals surface area contributed by atoms with Crippen LogP contribution in [0.15, 0.2) is 36.4 Å². The summed E-state index contributed by atoms with van der Waals surface area (Å²) in [6.07, 6.45) is 0.986. The van der Waals surface area contributed by atoms with Crippen LogP contribution >= 0.6 is 0 Å². The molecule has 102 valence electrons. The standard InChI is InChI=1S/C17H18N2O/c1-11-7-12(2)9-15(8-11)19-17(20)14-3-4-16-13(10-14)5-6-18-16/h3-4,7-10,18H,5-6H2,1-2H3,(H,19,20). The molecule has 3 rings (SSSR count). The second-order valence-electron chi connectivity index (χ2n) is 5.38. The number of benzene rings is 2. The molecule has 3 heteroatoms. The first kappa shape index (κ1) is 12.7. The molecule has 0 spiro atoms. The van der Waals surface area contributed by atoms with Crippen molar-refractivity contribution in [3.8, 4) is 0 Å². The second kappa shape index (κ2) is 5.00. The van der Waals surface area contributed by atoms with Crippen LogP contribution in [0.1, 0.15) is 27.0 Å². The van der Waals surface area contributed by atoms with E-state index in [1.807, 2.05) is 44.2 Å². The van der Waals surface area contributed by atoms with E-state index < -0.39 is 0 Å².